The highest BCUT2D eigenvalue weighted by molar-refractivity contribution is 8.00. The lowest BCUT2D eigenvalue weighted by molar-refractivity contribution is -0.138. The van der Waals surface area contributed by atoms with Crippen LogP contribution in [0.5, 0.6) is 0 Å². The molecular weight excluding hydrogens is 324 g/mol. The molecule has 3 fully saturated rings. The van der Waals surface area contributed by atoms with E-state index in [1.807, 2.05) is 16.7 Å². The molecule has 5 nitrogen and oxygen atoms in total. The van der Waals surface area contributed by atoms with Crippen LogP contribution in [0.15, 0.2) is 22.8 Å². The van der Waals surface area contributed by atoms with E-state index in [1.165, 1.54) is 19.1 Å². The molecule has 1 aliphatic carbocycles. The van der Waals surface area contributed by atoms with E-state index in [2.05, 4.69) is 4.90 Å². The Morgan fingerprint density at radius 2 is 1.92 bits per heavy atom. The number of thioether (sulfide) groups is 1. The van der Waals surface area contributed by atoms with Gasteiger partial charge in [-0.1, -0.05) is 12.8 Å². The van der Waals surface area contributed by atoms with Gasteiger partial charge in [-0.25, -0.2) is 0 Å². The SMILES string of the molecule is O=C(c1ccco1)N1CCC2(CC1)SCCN2C(=O)C1CCCC1. The Morgan fingerprint density at radius 1 is 1.17 bits per heavy atom. The number of likely N-dealkylation sites (tertiary alicyclic amines) is 1. The van der Waals surface area contributed by atoms with Crippen LogP contribution in [-0.4, -0.2) is 51.9 Å². The van der Waals surface area contributed by atoms with Crippen LogP contribution in [0.1, 0.15) is 49.1 Å². The molecule has 0 aromatic carbocycles. The number of carbonyl (C=O) groups is 2. The van der Waals surface area contributed by atoms with E-state index < -0.39 is 0 Å². The molecule has 1 aromatic rings. The third-order valence-electron chi connectivity index (χ3n) is 5.71. The maximum absolute atomic E-state index is 12.9. The van der Waals surface area contributed by atoms with Gasteiger partial charge in [0.2, 0.25) is 5.91 Å². The van der Waals surface area contributed by atoms with Gasteiger partial charge in [0.25, 0.3) is 5.91 Å². The van der Waals surface area contributed by atoms with Gasteiger partial charge in [-0.3, -0.25) is 9.59 Å². The van der Waals surface area contributed by atoms with Crippen LogP contribution in [0.3, 0.4) is 0 Å². The summed E-state index contributed by atoms with van der Waals surface area (Å²) in [5, 5.41) is 0. The van der Waals surface area contributed by atoms with E-state index in [4.69, 9.17) is 4.42 Å². The molecule has 1 saturated carbocycles. The summed E-state index contributed by atoms with van der Waals surface area (Å²) in [6.45, 7) is 2.26. The number of amides is 2. The lowest BCUT2D eigenvalue weighted by Gasteiger charge is -2.44. The maximum atomic E-state index is 12.9. The largest absolute Gasteiger partial charge is 0.459 e. The summed E-state index contributed by atoms with van der Waals surface area (Å²) >= 11 is 1.92. The van der Waals surface area contributed by atoms with Gasteiger partial charge in [-0.15, -0.1) is 11.8 Å². The lowest BCUT2D eigenvalue weighted by Crippen LogP contribution is -2.54. The van der Waals surface area contributed by atoms with E-state index in [0.717, 1.165) is 38.0 Å². The van der Waals surface area contributed by atoms with Gasteiger partial charge in [0.1, 0.15) is 0 Å². The molecule has 24 heavy (non-hydrogen) atoms. The van der Waals surface area contributed by atoms with Gasteiger partial charge in [0.15, 0.2) is 5.76 Å². The fourth-order valence-corrected chi connectivity index (χ4v) is 5.80. The summed E-state index contributed by atoms with van der Waals surface area (Å²) in [6, 6.07) is 3.46. The van der Waals surface area contributed by atoms with Gasteiger partial charge in [-0.05, 0) is 37.8 Å². The summed E-state index contributed by atoms with van der Waals surface area (Å²) in [5.41, 5.74) is 0. The Bertz CT molecular complexity index is 602. The Hall–Kier alpha value is -1.43. The number of piperidine rings is 1. The van der Waals surface area contributed by atoms with Crippen molar-refractivity contribution >= 4 is 23.6 Å². The van der Waals surface area contributed by atoms with Crippen LogP contribution in [0.4, 0.5) is 0 Å². The Balaban J connectivity index is 1.43. The Morgan fingerprint density at radius 3 is 2.58 bits per heavy atom. The second kappa shape index (κ2) is 6.47. The number of nitrogens with zero attached hydrogens (tertiary/aromatic N) is 2. The van der Waals surface area contributed by atoms with Crippen molar-refractivity contribution in [3.63, 3.8) is 0 Å². The maximum Gasteiger partial charge on any atom is 0.289 e. The molecule has 130 valence electrons. The second-order valence-electron chi connectivity index (χ2n) is 7.04. The molecule has 0 unspecified atom stereocenters. The van der Waals surface area contributed by atoms with Gasteiger partial charge in [-0.2, -0.15) is 0 Å². The van der Waals surface area contributed by atoms with Gasteiger partial charge in [0, 0.05) is 31.3 Å². The topological polar surface area (TPSA) is 53.8 Å². The van der Waals surface area contributed by atoms with Crippen LogP contribution >= 0.6 is 11.8 Å². The van der Waals surface area contributed by atoms with Crippen molar-refractivity contribution in [2.45, 2.75) is 43.4 Å². The molecular formula is C18H24N2O3S. The predicted molar refractivity (Wildman–Crippen MR) is 92.7 cm³/mol. The van der Waals surface area contributed by atoms with Crippen molar-refractivity contribution in [2.24, 2.45) is 5.92 Å². The van der Waals surface area contributed by atoms with E-state index >= 15 is 0 Å². The summed E-state index contributed by atoms with van der Waals surface area (Å²) in [5.74, 6) is 1.99. The van der Waals surface area contributed by atoms with Gasteiger partial charge < -0.3 is 14.2 Å². The highest BCUT2D eigenvalue weighted by Gasteiger charge is 2.48. The second-order valence-corrected chi connectivity index (χ2v) is 8.49. The molecule has 1 aromatic heterocycles. The molecule has 0 N–H and O–H groups in total. The average Bonchev–Trinajstić information content (AvgIpc) is 3.36. The highest BCUT2D eigenvalue weighted by atomic mass is 32.2. The first kappa shape index (κ1) is 16.1. The zero-order chi connectivity index (χ0) is 16.6. The fraction of sp³-hybridized carbons (Fsp3) is 0.667. The van der Waals surface area contributed by atoms with E-state index in [9.17, 15) is 9.59 Å². The van der Waals surface area contributed by atoms with Crippen LogP contribution in [0, 0.1) is 5.92 Å². The molecule has 3 heterocycles. The summed E-state index contributed by atoms with van der Waals surface area (Å²) in [4.78, 5) is 29.3. The monoisotopic (exact) mass is 348 g/mol. The smallest absolute Gasteiger partial charge is 0.289 e. The van der Waals surface area contributed by atoms with E-state index in [-0.39, 0.29) is 16.7 Å². The van der Waals surface area contributed by atoms with Crippen LogP contribution in [-0.2, 0) is 4.79 Å². The highest BCUT2D eigenvalue weighted by Crippen LogP contribution is 2.45. The molecule has 1 spiro atoms. The lowest BCUT2D eigenvalue weighted by atomic mass is 9.98. The molecule has 2 saturated heterocycles. The summed E-state index contributed by atoms with van der Waals surface area (Å²) < 4.78 is 5.23. The Kier molecular flexibility index (Phi) is 4.33. The zero-order valence-electron chi connectivity index (χ0n) is 13.9. The standard InChI is InChI=1S/C18H24N2O3S/c21-16(14-4-1-2-5-14)20-11-13-24-18(20)7-9-19(10-8-18)17(22)15-6-3-12-23-15/h3,6,12,14H,1-2,4-5,7-11,13H2. The first-order valence-corrected chi connectivity index (χ1v) is 9.96. The molecule has 2 aliphatic heterocycles. The number of furan rings is 1. The first-order chi connectivity index (χ1) is 11.7. The van der Waals surface area contributed by atoms with Crippen LogP contribution in [0.25, 0.3) is 0 Å². The Labute approximate surface area is 146 Å². The summed E-state index contributed by atoms with van der Waals surface area (Å²) in [7, 11) is 0. The number of rotatable bonds is 2. The van der Waals surface area contributed by atoms with Crippen molar-refractivity contribution < 1.29 is 14.0 Å². The quantitative estimate of drug-likeness (QED) is 0.824. The minimum atomic E-state index is -0.0837. The molecule has 0 atom stereocenters. The first-order valence-electron chi connectivity index (χ1n) is 8.98. The van der Waals surface area contributed by atoms with Gasteiger partial charge >= 0.3 is 0 Å². The molecule has 3 aliphatic rings. The predicted octanol–water partition coefficient (Wildman–Crippen LogP) is 2.98. The molecule has 0 bridgehead atoms. The zero-order valence-corrected chi connectivity index (χ0v) is 14.7. The molecule has 2 amide bonds. The number of carbonyl (C=O) groups excluding carboxylic acids is 2. The summed E-state index contributed by atoms with van der Waals surface area (Å²) in [6.07, 6.45) is 7.75. The van der Waals surface area contributed by atoms with E-state index in [0.29, 0.717) is 24.8 Å². The normalized spacial score (nSPS) is 24.0. The van der Waals surface area contributed by atoms with Crippen molar-refractivity contribution in [3.05, 3.63) is 24.2 Å². The van der Waals surface area contributed by atoms with Crippen molar-refractivity contribution in [2.75, 3.05) is 25.4 Å². The fourth-order valence-electron chi connectivity index (χ4n) is 4.34. The van der Waals surface area contributed by atoms with Crippen LogP contribution < -0.4 is 0 Å². The third-order valence-corrected chi connectivity index (χ3v) is 7.26. The average molecular weight is 348 g/mol. The molecule has 4 rings (SSSR count). The molecule has 0 radical (unpaired) electrons. The minimum Gasteiger partial charge on any atom is -0.459 e. The van der Waals surface area contributed by atoms with Gasteiger partial charge in [0.05, 0.1) is 11.1 Å². The van der Waals surface area contributed by atoms with Crippen molar-refractivity contribution in [3.8, 4) is 0 Å². The van der Waals surface area contributed by atoms with Crippen LogP contribution in [0.2, 0.25) is 0 Å². The minimum absolute atomic E-state index is 0.0356. The number of hydrogen-bond donors (Lipinski definition) is 0. The van der Waals surface area contributed by atoms with E-state index in [1.54, 1.807) is 12.1 Å². The molecule has 6 heteroatoms. The van der Waals surface area contributed by atoms with Crippen molar-refractivity contribution in [1.82, 2.24) is 9.80 Å². The van der Waals surface area contributed by atoms with Crippen molar-refractivity contribution in [1.29, 1.82) is 0 Å². The third kappa shape index (κ3) is 2.75. The number of hydrogen-bond acceptors (Lipinski definition) is 4.